The maximum Gasteiger partial charge on any atom is 0.294 e. The van der Waals surface area contributed by atoms with Crippen molar-refractivity contribution in [1.29, 1.82) is 0 Å². The number of anilines is 1. The van der Waals surface area contributed by atoms with Gasteiger partial charge in [0.25, 0.3) is 5.69 Å². The average molecular weight is 243 g/mol. The number of allylic oxidation sites excluding steroid dienone is 2. The van der Waals surface area contributed by atoms with Crippen LogP contribution >= 0.6 is 0 Å². The predicted molar refractivity (Wildman–Crippen MR) is 69.5 cm³/mol. The molecule has 5 heteroatoms. The highest BCUT2D eigenvalue weighted by molar-refractivity contribution is 5.94. The van der Waals surface area contributed by atoms with Gasteiger partial charge in [-0.15, -0.1) is 0 Å². The number of hydrazone groups is 1. The molecule has 0 aromatic heterocycles. The first-order chi connectivity index (χ1) is 8.75. The monoisotopic (exact) mass is 243 g/mol. The van der Waals surface area contributed by atoms with Crippen LogP contribution in [0.2, 0.25) is 0 Å². The molecule has 0 aliphatic heterocycles. The van der Waals surface area contributed by atoms with Crippen molar-refractivity contribution in [3.8, 4) is 0 Å². The van der Waals surface area contributed by atoms with Gasteiger partial charge in [0.2, 0.25) is 0 Å². The summed E-state index contributed by atoms with van der Waals surface area (Å²) in [5, 5.41) is 15.1. The van der Waals surface area contributed by atoms with Crippen molar-refractivity contribution < 1.29 is 4.92 Å². The van der Waals surface area contributed by atoms with Gasteiger partial charge in [-0.05, 0) is 24.8 Å². The van der Waals surface area contributed by atoms with Crippen molar-refractivity contribution in [2.75, 3.05) is 5.43 Å². The first kappa shape index (κ1) is 11.0. The highest BCUT2D eigenvalue weighted by Gasteiger charge is 2.37. The maximum atomic E-state index is 10.8. The van der Waals surface area contributed by atoms with Crippen molar-refractivity contribution in [2.45, 2.75) is 12.8 Å². The summed E-state index contributed by atoms with van der Waals surface area (Å²) in [4.78, 5) is 10.4. The summed E-state index contributed by atoms with van der Waals surface area (Å²) in [5.41, 5.74) is 4.45. The van der Waals surface area contributed by atoms with Crippen LogP contribution in [-0.4, -0.2) is 10.6 Å². The van der Waals surface area contributed by atoms with Crippen molar-refractivity contribution in [2.24, 2.45) is 16.9 Å². The van der Waals surface area contributed by atoms with Crippen LogP contribution in [0.1, 0.15) is 12.8 Å². The van der Waals surface area contributed by atoms with Gasteiger partial charge in [0.05, 0.1) is 4.92 Å². The number of nitrogens with one attached hydrogen (secondary N) is 1. The molecule has 0 heterocycles. The van der Waals surface area contributed by atoms with Crippen LogP contribution in [0.25, 0.3) is 0 Å². The Morgan fingerprint density at radius 3 is 3.00 bits per heavy atom. The van der Waals surface area contributed by atoms with Gasteiger partial charge in [-0.1, -0.05) is 24.3 Å². The Kier molecular flexibility index (Phi) is 2.59. The molecule has 1 aromatic rings. The zero-order valence-corrected chi connectivity index (χ0v) is 9.74. The van der Waals surface area contributed by atoms with Crippen molar-refractivity contribution >= 4 is 17.1 Å². The second kappa shape index (κ2) is 4.25. The molecule has 0 amide bonds. The van der Waals surface area contributed by atoms with Gasteiger partial charge in [0.15, 0.2) is 0 Å². The average Bonchev–Trinajstić information content (AvgIpc) is 2.71. The predicted octanol–water partition coefficient (Wildman–Crippen LogP) is 2.96. The van der Waals surface area contributed by atoms with E-state index in [1.807, 2.05) is 0 Å². The Labute approximate surface area is 104 Å². The smallest absolute Gasteiger partial charge is 0.272 e. The molecule has 2 aliphatic rings. The molecule has 3 rings (SSSR count). The van der Waals surface area contributed by atoms with Crippen molar-refractivity contribution in [3.05, 3.63) is 46.5 Å². The summed E-state index contributed by atoms with van der Waals surface area (Å²) in [6, 6.07) is 6.56. The Hall–Kier alpha value is -2.17. The molecule has 1 fully saturated rings. The van der Waals surface area contributed by atoms with Crippen LogP contribution in [0.15, 0.2) is 41.5 Å². The summed E-state index contributed by atoms with van der Waals surface area (Å²) in [7, 11) is 0. The maximum absolute atomic E-state index is 10.8. The quantitative estimate of drug-likeness (QED) is 0.504. The van der Waals surface area contributed by atoms with E-state index in [-0.39, 0.29) is 5.69 Å². The molecule has 0 saturated heterocycles. The lowest BCUT2D eigenvalue weighted by Crippen LogP contribution is -2.33. The van der Waals surface area contributed by atoms with E-state index in [0.29, 0.717) is 17.5 Å². The van der Waals surface area contributed by atoms with E-state index in [1.165, 1.54) is 6.07 Å². The Morgan fingerprint density at radius 1 is 1.39 bits per heavy atom. The normalized spacial score (nSPS) is 26.8. The summed E-state index contributed by atoms with van der Waals surface area (Å²) in [5.74, 6) is 1.15. The molecule has 18 heavy (non-hydrogen) atoms. The third-order valence-corrected chi connectivity index (χ3v) is 3.58. The molecule has 0 unspecified atom stereocenters. The first-order valence-electron chi connectivity index (χ1n) is 5.98. The molecule has 2 atom stereocenters. The Bertz CT molecular complexity index is 551. The third kappa shape index (κ3) is 1.77. The zero-order chi connectivity index (χ0) is 12.5. The van der Waals surface area contributed by atoms with Crippen LogP contribution in [0, 0.1) is 22.0 Å². The van der Waals surface area contributed by atoms with E-state index in [1.54, 1.807) is 18.2 Å². The van der Waals surface area contributed by atoms with Crippen molar-refractivity contribution in [1.82, 2.24) is 0 Å². The van der Waals surface area contributed by atoms with Crippen LogP contribution in [0.4, 0.5) is 11.4 Å². The number of nitro benzene ring substituents is 1. The second-order valence-corrected chi connectivity index (χ2v) is 4.63. The largest absolute Gasteiger partial charge is 0.294 e. The highest BCUT2D eigenvalue weighted by atomic mass is 16.6. The van der Waals surface area contributed by atoms with Gasteiger partial charge in [0, 0.05) is 17.7 Å². The van der Waals surface area contributed by atoms with Gasteiger partial charge >= 0.3 is 0 Å². The summed E-state index contributed by atoms with van der Waals surface area (Å²) in [6.07, 6.45) is 6.42. The second-order valence-electron chi connectivity index (χ2n) is 4.63. The molecule has 0 spiro atoms. The minimum absolute atomic E-state index is 0.0577. The summed E-state index contributed by atoms with van der Waals surface area (Å²) in [6.45, 7) is 0. The standard InChI is InChI=1S/C13H13N3O2/c17-16(18)13-7-2-1-6-11(13)14-15-12-8-9-4-3-5-10(9)12/h1-4,6-7,9-10,14H,5,8H2/b15-12-/t9-,10+/m1/s1. The topological polar surface area (TPSA) is 67.5 Å². The van der Waals surface area contributed by atoms with Crippen LogP contribution in [0.5, 0.6) is 0 Å². The number of fused-ring (bicyclic) bond motifs is 1. The van der Waals surface area contributed by atoms with Crippen LogP contribution in [0.3, 0.4) is 0 Å². The minimum Gasteiger partial charge on any atom is -0.272 e. The molecule has 1 saturated carbocycles. The number of hydrogen-bond acceptors (Lipinski definition) is 4. The van der Waals surface area contributed by atoms with E-state index < -0.39 is 4.92 Å². The van der Waals surface area contributed by atoms with Gasteiger partial charge in [-0.25, -0.2) is 0 Å². The molecule has 2 aliphatic carbocycles. The van der Waals surface area contributed by atoms with Gasteiger partial charge in [-0.3, -0.25) is 15.5 Å². The summed E-state index contributed by atoms with van der Waals surface area (Å²) >= 11 is 0. The number of hydrogen-bond donors (Lipinski definition) is 1. The van der Waals surface area contributed by atoms with Crippen LogP contribution < -0.4 is 5.43 Å². The number of benzene rings is 1. The van der Waals surface area contributed by atoms with Crippen LogP contribution in [-0.2, 0) is 0 Å². The Morgan fingerprint density at radius 2 is 2.22 bits per heavy atom. The molecule has 1 N–H and O–H groups in total. The molecule has 92 valence electrons. The highest BCUT2D eigenvalue weighted by Crippen LogP contribution is 2.40. The summed E-state index contributed by atoms with van der Waals surface area (Å²) < 4.78 is 0. The lowest BCUT2D eigenvalue weighted by molar-refractivity contribution is -0.384. The fourth-order valence-corrected chi connectivity index (χ4v) is 2.52. The third-order valence-electron chi connectivity index (χ3n) is 3.58. The fourth-order valence-electron chi connectivity index (χ4n) is 2.52. The number of nitro groups is 1. The first-order valence-corrected chi connectivity index (χ1v) is 5.98. The van der Waals surface area contributed by atoms with E-state index in [2.05, 4.69) is 22.7 Å². The van der Waals surface area contributed by atoms with E-state index >= 15 is 0 Å². The lowest BCUT2D eigenvalue weighted by Gasteiger charge is -2.31. The van der Waals surface area contributed by atoms with E-state index in [4.69, 9.17) is 0 Å². The number of nitrogens with zero attached hydrogens (tertiary/aromatic N) is 2. The lowest BCUT2D eigenvalue weighted by atomic mass is 9.74. The van der Waals surface area contributed by atoms with Gasteiger partial charge in [-0.2, -0.15) is 5.10 Å². The fraction of sp³-hybridized carbons (Fsp3) is 0.308. The molecular formula is C13H13N3O2. The Balaban J connectivity index is 1.74. The molecule has 0 bridgehead atoms. The van der Waals surface area contributed by atoms with E-state index in [0.717, 1.165) is 18.6 Å². The van der Waals surface area contributed by atoms with Crippen molar-refractivity contribution in [3.63, 3.8) is 0 Å². The molecule has 1 aromatic carbocycles. The number of rotatable bonds is 3. The van der Waals surface area contributed by atoms with E-state index in [9.17, 15) is 10.1 Å². The molecular weight excluding hydrogens is 230 g/mol. The number of para-hydroxylation sites is 2. The van der Waals surface area contributed by atoms with Gasteiger partial charge in [0.1, 0.15) is 5.69 Å². The van der Waals surface area contributed by atoms with Gasteiger partial charge < -0.3 is 0 Å². The minimum atomic E-state index is -0.400. The molecule has 5 nitrogen and oxygen atoms in total. The molecule has 0 radical (unpaired) electrons. The zero-order valence-electron chi connectivity index (χ0n) is 9.74. The SMILES string of the molecule is O=[N+]([O-])c1ccccc1N/N=C1/C[C@H]2C=CC[C@H]12.